The zero-order valence-corrected chi connectivity index (χ0v) is 10.9. The largest absolute Gasteiger partial charge is 0.456 e. The molecule has 19 heavy (non-hydrogen) atoms. The maximum absolute atomic E-state index is 13.0. The highest BCUT2D eigenvalue weighted by molar-refractivity contribution is 6.31. The topological polar surface area (TPSA) is 57.2 Å². The first-order valence-electron chi connectivity index (χ1n) is 5.50. The van der Waals surface area contributed by atoms with Gasteiger partial charge in [-0.15, -0.1) is 0 Å². The van der Waals surface area contributed by atoms with Crippen LogP contribution >= 0.6 is 11.6 Å². The third kappa shape index (κ3) is 3.06. The molecule has 0 aliphatic carbocycles. The molecule has 1 heterocycles. The minimum atomic E-state index is -0.542. The molecule has 0 radical (unpaired) electrons. The molecule has 0 atom stereocenters. The van der Waals surface area contributed by atoms with Crippen LogP contribution in [0.1, 0.15) is 16.1 Å². The van der Waals surface area contributed by atoms with Gasteiger partial charge in [-0.3, -0.25) is 0 Å². The van der Waals surface area contributed by atoms with E-state index in [4.69, 9.17) is 22.1 Å². The Labute approximate surface area is 114 Å². The smallest absolute Gasteiger partial charge is 0.355 e. The number of aryl methyl sites for hydroxylation is 1. The number of rotatable bonds is 3. The van der Waals surface area contributed by atoms with E-state index in [0.717, 1.165) is 0 Å². The molecule has 0 saturated heterocycles. The van der Waals surface area contributed by atoms with Crippen molar-refractivity contribution >= 4 is 23.3 Å². The molecule has 100 valence electrons. The van der Waals surface area contributed by atoms with E-state index < -0.39 is 11.8 Å². The first-order chi connectivity index (χ1) is 8.97. The summed E-state index contributed by atoms with van der Waals surface area (Å²) in [4.78, 5) is 11.8. The molecular weight excluding hydrogens is 271 g/mol. The van der Waals surface area contributed by atoms with Gasteiger partial charge >= 0.3 is 5.97 Å². The number of halogens is 2. The van der Waals surface area contributed by atoms with Gasteiger partial charge in [0.05, 0.1) is 5.69 Å². The van der Waals surface area contributed by atoms with Crippen molar-refractivity contribution in [3.8, 4) is 0 Å². The molecular formula is C13H12ClFN2O2. The Hall–Kier alpha value is -2.01. The summed E-state index contributed by atoms with van der Waals surface area (Å²) in [7, 11) is 1.68. The lowest BCUT2D eigenvalue weighted by Crippen LogP contribution is -2.09. The normalized spacial score (nSPS) is 10.5. The van der Waals surface area contributed by atoms with Crippen molar-refractivity contribution in [2.75, 3.05) is 5.73 Å². The Morgan fingerprint density at radius 1 is 1.47 bits per heavy atom. The van der Waals surface area contributed by atoms with Crippen LogP contribution in [0.25, 0.3) is 0 Å². The molecule has 2 aromatic rings. The maximum Gasteiger partial charge on any atom is 0.355 e. The van der Waals surface area contributed by atoms with E-state index in [-0.39, 0.29) is 6.61 Å². The highest BCUT2D eigenvalue weighted by Crippen LogP contribution is 2.19. The number of ether oxygens (including phenoxy) is 1. The maximum atomic E-state index is 13.0. The fraction of sp³-hybridized carbons (Fsp3) is 0.154. The van der Waals surface area contributed by atoms with E-state index in [9.17, 15) is 9.18 Å². The van der Waals surface area contributed by atoms with E-state index >= 15 is 0 Å². The van der Waals surface area contributed by atoms with Gasteiger partial charge < -0.3 is 15.0 Å². The quantitative estimate of drug-likeness (QED) is 0.881. The van der Waals surface area contributed by atoms with Crippen LogP contribution in [0.4, 0.5) is 10.1 Å². The van der Waals surface area contributed by atoms with Crippen molar-refractivity contribution < 1.29 is 13.9 Å². The van der Waals surface area contributed by atoms with Crippen LogP contribution in [0.2, 0.25) is 5.02 Å². The first kappa shape index (κ1) is 13.4. The molecule has 0 spiro atoms. The average Bonchev–Trinajstić information content (AvgIpc) is 2.69. The summed E-state index contributed by atoms with van der Waals surface area (Å²) >= 11 is 5.88. The van der Waals surface area contributed by atoms with Gasteiger partial charge in [-0.05, 0) is 24.3 Å². The van der Waals surface area contributed by atoms with E-state index in [2.05, 4.69) is 0 Å². The number of hydrogen-bond acceptors (Lipinski definition) is 3. The van der Waals surface area contributed by atoms with Gasteiger partial charge in [0, 0.05) is 23.8 Å². The molecule has 0 aliphatic heterocycles. The number of carbonyl (C=O) groups is 1. The van der Waals surface area contributed by atoms with Crippen molar-refractivity contribution in [2.24, 2.45) is 7.05 Å². The number of nitrogens with two attached hydrogens (primary N) is 1. The molecule has 0 amide bonds. The Kier molecular flexibility index (Phi) is 3.76. The number of esters is 1. The fourth-order valence-corrected chi connectivity index (χ4v) is 1.84. The van der Waals surface area contributed by atoms with Gasteiger partial charge in [0.25, 0.3) is 0 Å². The molecule has 0 aliphatic rings. The molecule has 0 unspecified atom stereocenters. The summed E-state index contributed by atoms with van der Waals surface area (Å²) in [6.07, 6.45) is 1.60. The lowest BCUT2D eigenvalue weighted by Gasteiger charge is -2.07. The standard InChI is InChI=1S/C13H12ClFN2O2/c1-17-6-10(16)5-12(17)13(18)19-7-8-4-9(15)2-3-11(8)14/h2-6H,7,16H2,1H3. The van der Waals surface area contributed by atoms with Gasteiger partial charge in [-0.1, -0.05) is 11.6 Å². The van der Waals surface area contributed by atoms with E-state index in [1.807, 2.05) is 0 Å². The monoisotopic (exact) mass is 282 g/mol. The lowest BCUT2D eigenvalue weighted by molar-refractivity contribution is 0.0461. The molecule has 2 rings (SSSR count). The van der Waals surface area contributed by atoms with Crippen molar-refractivity contribution in [2.45, 2.75) is 6.61 Å². The number of aromatic nitrogens is 1. The molecule has 0 fully saturated rings. The second-order valence-electron chi connectivity index (χ2n) is 4.08. The second-order valence-corrected chi connectivity index (χ2v) is 4.49. The Balaban J connectivity index is 2.08. The molecule has 2 N–H and O–H groups in total. The van der Waals surface area contributed by atoms with Gasteiger partial charge in [0.15, 0.2) is 0 Å². The Bertz CT molecular complexity index is 625. The van der Waals surface area contributed by atoms with Gasteiger partial charge in [-0.25, -0.2) is 9.18 Å². The summed E-state index contributed by atoms with van der Waals surface area (Å²) < 4.78 is 19.7. The SMILES string of the molecule is Cn1cc(N)cc1C(=O)OCc1cc(F)ccc1Cl. The fourth-order valence-electron chi connectivity index (χ4n) is 1.66. The van der Waals surface area contributed by atoms with Crippen LogP contribution in [-0.2, 0) is 18.4 Å². The predicted octanol–water partition coefficient (Wildman–Crippen LogP) is 2.76. The summed E-state index contributed by atoms with van der Waals surface area (Å²) in [5.41, 5.74) is 6.78. The zero-order chi connectivity index (χ0) is 14.0. The number of nitrogens with zero attached hydrogens (tertiary/aromatic N) is 1. The summed E-state index contributed by atoms with van der Waals surface area (Å²) in [6.45, 7) is -0.0967. The zero-order valence-electron chi connectivity index (χ0n) is 10.2. The number of carbonyl (C=O) groups excluding carboxylic acids is 1. The van der Waals surface area contributed by atoms with Gasteiger partial charge in [0.1, 0.15) is 18.1 Å². The van der Waals surface area contributed by atoms with Crippen LogP contribution in [0.3, 0.4) is 0 Å². The van der Waals surface area contributed by atoms with Crippen molar-refractivity contribution in [1.82, 2.24) is 4.57 Å². The van der Waals surface area contributed by atoms with Crippen LogP contribution in [0.15, 0.2) is 30.5 Å². The lowest BCUT2D eigenvalue weighted by atomic mass is 10.2. The molecule has 6 heteroatoms. The van der Waals surface area contributed by atoms with Crippen LogP contribution in [-0.4, -0.2) is 10.5 Å². The minimum absolute atomic E-state index is 0.0967. The first-order valence-corrected chi connectivity index (χ1v) is 5.88. The Morgan fingerprint density at radius 2 is 2.21 bits per heavy atom. The van der Waals surface area contributed by atoms with Gasteiger partial charge in [-0.2, -0.15) is 0 Å². The number of anilines is 1. The minimum Gasteiger partial charge on any atom is -0.456 e. The summed E-state index contributed by atoms with van der Waals surface area (Å²) in [5.74, 6) is -0.974. The van der Waals surface area contributed by atoms with Crippen molar-refractivity contribution in [3.63, 3.8) is 0 Å². The molecule has 0 bridgehead atoms. The number of hydrogen-bond donors (Lipinski definition) is 1. The van der Waals surface area contributed by atoms with Crippen LogP contribution in [0.5, 0.6) is 0 Å². The number of benzene rings is 1. The molecule has 1 aromatic carbocycles. The van der Waals surface area contributed by atoms with E-state index in [0.29, 0.717) is 22.0 Å². The highest BCUT2D eigenvalue weighted by atomic mass is 35.5. The summed E-state index contributed by atoms with van der Waals surface area (Å²) in [6, 6.07) is 5.40. The van der Waals surface area contributed by atoms with Crippen LogP contribution in [0, 0.1) is 5.82 Å². The highest BCUT2D eigenvalue weighted by Gasteiger charge is 2.13. The third-order valence-electron chi connectivity index (χ3n) is 2.60. The molecule has 4 nitrogen and oxygen atoms in total. The number of nitrogen functional groups attached to an aromatic ring is 1. The van der Waals surface area contributed by atoms with Crippen LogP contribution < -0.4 is 5.73 Å². The summed E-state index contributed by atoms with van der Waals surface area (Å²) in [5, 5.41) is 0.348. The predicted molar refractivity (Wildman–Crippen MR) is 70.4 cm³/mol. The second kappa shape index (κ2) is 5.32. The van der Waals surface area contributed by atoms with Crippen molar-refractivity contribution in [1.29, 1.82) is 0 Å². The Morgan fingerprint density at radius 3 is 2.84 bits per heavy atom. The molecule has 0 saturated carbocycles. The van der Waals surface area contributed by atoms with E-state index in [1.54, 1.807) is 17.8 Å². The van der Waals surface area contributed by atoms with Crippen molar-refractivity contribution in [3.05, 3.63) is 52.6 Å². The third-order valence-corrected chi connectivity index (χ3v) is 2.97. The van der Waals surface area contributed by atoms with E-state index in [1.165, 1.54) is 24.3 Å². The van der Waals surface area contributed by atoms with Gasteiger partial charge in [0.2, 0.25) is 0 Å². The molecule has 1 aromatic heterocycles. The average molecular weight is 283 g/mol.